The predicted molar refractivity (Wildman–Crippen MR) is 118 cm³/mol. The van der Waals surface area contributed by atoms with Gasteiger partial charge in [0.25, 0.3) is 11.3 Å². The van der Waals surface area contributed by atoms with Crippen molar-refractivity contribution >= 4 is 52.8 Å². The van der Waals surface area contributed by atoms with Crippen LogP contribution in [0.3, 0.4) is 0 Å². The van der Waals surface area contributed by atoms with Crippen molar-refractivity contribution in [2.75, 3.05) is 6.61 Å². The van der Waals surface area contributed by atoms with Gasteiger partial charge in [0, 0.05) is 4.88 Å². The summed E-state index contributed by atoms with van der Waals surface area (Å²) in [6, 6.07) is 9.65. The number of fused-ring (bicyclic) bond motifs is 1. The quantitative estimate of drug-likeness (QED) is 0.335. The Morgan fingerprint density at radius 3 is 2.77 bits per heavy atom. The molecule has 0 aliphatic heterocycles. The minimum atomic E-state index is -0.474. The van der Waals surface area contributed by atoms with Crippen LogP contribution in [0.1, 0.15) is 23.1 Å². The molecule has 0 spiro atoms. The minimum absolute atomic E-state index is 0.0549. The van der Waals surface area contributed by atoms with Crippen LogP contribution in [0.5, 0.6) is 0 Å². The average molecular weight is 435 g/mol. The van der Waals surface area contributed by atoms with Crippen LogP contribution < -0.4 is 5.56 Å². The van der Waals surface area contributed by atoms with Crippen LogP contribution in [0.2, 0.25) is 0 Å². The van der Waals surface area contributed by atoms with Gasteiger partial charge in [0.15, 0.2) is 17.9 Å². The molecule has 0 atom stereocenters. The zero-order valence-corrected chi connectivity index (χ0v) is 17.4. The normalized spacial score (nSPS) is 11.5. The van der Waals surface area contributed by atoms with Gasteiger partial charge < -0.3 is 4.74 Å². The summed E-state index contributed by atoms with van der Waals surface area (Å²) in [5.74, 6) is 0.157. The average Bonchev–Trinajstić information content (AvgIpc) is 3.47. The molecule has 4 aromatic rings. The van der Waals surface area contributed by atoms with Crippen LogP contribution in [-0.2, 0) is 4.74 Å². The van der Waals surface area contributed by atoms with Gasteiger partial charge in [-0.25, -0.2) is 14.4 Å². The fraction of sp³-hybridized carbons (Fsp3) is 0.100. The first kappa shape index (κ1) is 19.6. The molecule has 0 unspecified atom stereocenters. The number of nitrogens with zero attached hydrogens (tertiary/aromatic N) is 6. The lowest BCUT2D eigenvalue weighted by Crippen LogP contribution is -2.22. The van der Waals surface area contributed by atoms with Gasteiger partial charge in [-0.2, -0.15) is 5.26 Å². The largest absolute Gasteiger partial charge is 0.483 e. The number of nitriles is 1. The molecule has 0 saturated carbocycles. The summed E-state index contributed by atoms with van der Waals surface area (Å²) < 4.78 is 6.39. The van der Waals surface area contributed by atoms with E-state index in [4.69, 9.17) is 4.74 Å². The van der Waals surface area contributed by atoms with Crippen molar-refractivity contribution in [3.8, 4) is 16.6 Å². The van der Waals surface area contributed by atoms with Crippen molar-refractivity contribution in [2.45, 2.75) is 6.92 Å². The zero-order valence-electron chi connectivity index (χ0n) is 15.7. The Labute approximate surface area is 179 Å². The molecule has 4 heterocycles. The van der Waals surface area contributed by atoms with Crippen LogP contribution in [0.4, 0.5) is 5.82 Å². The fourth-order valence-corrected chi connectivity index (χ4v) is 4.00. The molecule has 8 nitrogen and oxygen atoms in total. The predicted octanol–water partition coefficient (Wildman–Crippen LogP) is 4.01. The van der Waals surface area contributed by atoms with Crippen molar-refractivity contribution in [1.82, 2.24) is 19.6 Å². The number of ether oxygens (including phenoxy) is 1. The first-order chi connectivity index (χ1) is 14.7. The van der Waals surface area contributed by atoms with Crippen molar-refractivity contribution in [3.63, 3.8) is 0 Å². The lowest BCUT2D eigenvalue weighted by molar-refractivity contribution is 0.344. The number of rotatable bonds is 6. The van der Waals surface area contributed by atoms with Gasteiger partial charge in [0.2, 0.25) is 0 Å². The molecule has 0 aromatic carbocycles. The maximum Gasteiger partial charge on any atom is 0.287 e. The topological polar surface area (TPSA) is 106 Å². The maximum absolute atomic E-state index is 13.2. The Balaban J connectivity index is 1.97. The third kappa shape index (κ3) is 3.76. The van der Waals surface area contributed by atoms with Gasteiger partial charge in [-0.15, -0.1) is 32.9 Å². The van der Waals surface area contributed by atoms with Crippen molar-refractivity contribution in [1.29, 1.82) is 5.26 Å². The smallest absolute Gasteiger partial charge is 0.287 e. The van der Waals surface area contributed by atoms with E-state index in [1.165, 1.54) is 33.5 Å². The van der Waals surface area contributed by atoms with Gasteiger partial charge in [-0.05, 0) is 42.0 Å². The molecule has 0 fully saturated rings. The highest BCUT2D eigenvalue weighted by Crippen LogP contribution is 2.31. The van der Waals surface area contributed by atoms with E-state index in [9.17, 15) is 10.1 Å². The second-order valence-electron chi connectivity index (χ2n) is 5.81. The highest BCUT2D eigenvalue weighted by molar-refractivity contribution is 7.13. The summed E-state index contributed by atoms with van der Waals surface area (Å²) in [6.07, 6.45) is 4.58. The fourth-order valence-electron chi connectivity index (χ4n) is 2.66. The molecule has 0 radical (unpaired) electrons. The SMILES string of the molecule is CCO/C=N/c1c(C#N)c(-c2cccs2)nc2nnc(/C=C/c3cccs3)c(=O)n12. The molecule has 148 valence electrons. The number of aliphatic imine (C=N–C) groups is 1. The number of thiophene rings is 2. The van der Waals surface area contributed by atoms with Crippen molar-refractivity contribution in [3.05, 3.63) is 61.5 Å². The number of aromatic nitrogens is 4. The summed E-state index contributed by atoms with van der Waals surface area (Å²) in [4.78, 5) is 23.6. The number of hydrogen-bond acceptors (Lipinski definition) is 9. The lowest BCUT2D eigenvalue weighted by Gasteiger charge is -2.09. The molecule has 0 saturated heterocycles. The van der Waals surface area contributed by atoms with E-state index in [1.54, 1.807) is 12.2 Å². The Morgan fingerprint density at radius 1 is 1.23 bits per heavy atom. The third-order valence-electron chi connectivity index (χ3n) is 3.98. The third-order valence-corrected chi connectivity index (χ3v) is 5.70. The van der Waals surface area contributed by atoms with E-state index in [1.807, 2.05) is 41.9 Å². The molecule has 0 aliphatic carbocycles. The molecule has 4 aromatic heterocycles. The van der Waals surface area contributed by atoms with Crippen LogP contribution in [0.25, 0.3) is 28.5 Å². The molecule has 0 amide bonds. The van der Waals surface area contributed by atoms with Crippen molar-refractivity contribution in [2.24, 2.45) is 4.99 Å². The second kappa shape index (κ2) is 8.77. The standard InChI is InChI=1S/C20H14N6O2S2/c1-2-28-12-22-18-14(11-21)17(16-6-4-10-30-16)23-20-25-24-15(19(27)26(18)20)8-7-13-5-3-9-29-13/h3-10,12H,2H2,1H3/b8-7+,22-12+. The molecule has 0 N–H and O–H groups in total. The summed E-state index contributed by atoms with van der Waals surface area (Å²) in [7, 11) is 0. The van der Waals surface area contributed by atoms with Gasteiger partial charge in [-0.1, -0.05) is 12.1 Å². The molecule has 0 bridgehead atoms. The van der Waals surface area contributed by atoms with E-state index in [0.29, 0.717) is 12.3 Å². The zero-order chi connectivity index (χ0) is 20.9. The molecule has 4 rings (SSSR count). The molecule has 10 heteroatoms. The van der Waals surface area contributed by atoms with Gasteiger partial charge >= 0.3 is 0 Å². The van der Waals surface area contributed by atoms with Crippen LogP contribution in [0.15, 0.2) is 44.8 Å². The molecule has 30 heavy (non-hydrogen) atoms. The Bertz CT molecular complexity index is 1330. The Kier molecular flexibility index (Phi) is 5.74. The molecular weight excluding hydrogens is 420 g/mol. The van der Waals surface area contributed by atoms with Crippen LogP contribution in [0, 0.1) is 11.3 Å². The first-order valence-electron chi connectivity index (χ1n) is 8.86. The van der Waals surface area contributed by atoms with Crippen molar-refractivity contribution < 1.29 is 4.74 Å². The van der Waals surface area contributed by atoms with Crippen LogP contribution >= 0.6 is 22.7 Å². The van der Waals surface area contributed by atoms with Gasteiger partial charge in [-0.3, -0.25) is 4.79 Å². The van der Waals surface area contributed by atoms with Crippen LogP contribution in [-0.4, -0.2) is 32.6 Å². The summed E-state index contributed by atoms with van der Waals surface area (Å²) in [6.45, 7) is 2.21. The maximum atomic E-state index is 13.2. The second-order valence-corrected chi connectivity index (χ2v) is 7.74. The lowest BCUT2D eigenvalue weighted by atomic mass is 10.2. The van der Waals surface area contributed by atoms with E-state index in [0.717, 1.165) is 9.75 Å². The Hall–Kier alpha value is -3.68. The number of hydrogen-bond donors (Lipinski definition) is 0. The Morgan fingerprint density at radius 2 is 2.07 bits per heavy atom. The molecular formula is C20H14N6O2S2. The van der Waals surface area contributed by atoms with Gasteiger partial charge in [0.1, 0.15) is 17.3 Å². The molecule has 0 aliphatic rings. The van der Waals surface area contributed by atoms with E-state index < -0.39 is 5.56 Å². The highest BCUT2D eigenvalue weighted by Gasteiger charge is 2.20. The summed E-state index contributed by atoms with van der Waals surface area (Å²) in [5.41, 5.74) is 0.192. The summed E-state index contributed by atoms with van der Waals surface area (Å²) in [5, 5.41) is 21.8. The first-order valence-corrected chi connectivity index (χ1v) is 10.6. The highest BCUT2D eigenvalue weighted by atomic mass is 32.1. The van der Waals surface area contributed by atoms with E-state index in [-0.39, 0.29) is 22.9 Å². The summed E-state index contributed by atoms with van der Waals surface area (Å²) >= 11 is 2.96. The minimum Gasteiger partial charge on any atom is -0.483 e. The monoisotopic (exact) mass is 434 g/mol. The van der Waals surface area contributed by atoms with E-state index in [2.05, 4.69) is 26.2 Å². The van der Waals surface area contributed by atoms with Gasteiger partial charge in [0.05, 0.1) is 11.5 Å². The van der Waals surface area contributed by atoms with E-state index >= 15 is 0 Å².